The van der Waals surface area contributed by atoms with Crippen molar-refractivity contribution in [3.63, 3.8) is 0 Å². The zero-order chi connectivity index (χ0) is 14.4. The highest BCUT2D eigenvalue weighted by atomic mass is 16.5. The number of likely N-dealkylation sites (tertiary alicyclic amines) is 1. The number of ether oxygens (including phenoxy) is 1. The Bertz CT molecular complexity index is 390. The maximum atomic E-state index is 5.62. The van der Waals surface area contributed by atoms with Crippen LogP contribution in [0.5, 0.6) is 5.75 Å². The van der Waals surface area contributed by atoms with Crippen molar-refractivity contribution in [2.45, 2.75) is 32.7 Å². The predicted octanol–water partition coefficient (Wildman–Crippen LogP) is 3.08. The monoisotopic (exact) mass is 276 g/mol. The van der Waals surface area contributed by atoms with Crippen LogP contribution in [0.15, 0.2) is 24.3 Å². The molecule has 0 saturated carbocycles. The van der Waals surface area contributed by atoms with E-state index >= 15 is 0 Å². The van der Waals surface area contributed by atoms with Crippen molar-refractivity contribution in [1.29, 1.82) is 0 Å². The normalized spacial score (nSPS) is 21.1. The molecule has 1 aromatic rings. The summed E-state index contributed by atoms with van der Waals surface area (Å²) in [6.07, 6.45) is 2.37. The third kappa shape index (κ3) is 4.50. The minimum Gasteiger partial charge on any atom is -0.494 e. The number of nitrogens with one attached hydrogen (secondary N) is 1. The Kier molecular flexibility index (Phi) is 5.86. The third-order valence-corrected chi connectivity index (χ3v) is 4.05. The van der Waals surface area contributed by atoms with Gasteiger partial charge in [0.05, 0.1) is 6.61 Å². The lowest BCUT2D eigenvalue weighted by atomic mass is 10.1. The quantitative estimate of drug-likeness (QED) is 0.828. The molecule has 0 amide bonds. The highest BCUT2D eigenvalue weighted by molar-refractivity contribution is 5.28. The van der Waals surface area contributed by atoms with Gasteiger partial charge in [0.15, 0.2) is 0 Å². The van der Waals surface area contributed by atoms with Crippen molar-refractivity contribution in [3.8, 4) is 5.75 Å². The van der Waals surface area contributed by atoms with E-state index in [1.165, 1.54) is 25.1 Å². The van der Waals surface area contributed by atoms with E-state index in [0.717, 1.165) is 31.2 Å². The molecule has 1 N–H and O–H groups in total. The minimum absolute atomic E-state index is 0.404. The lowest BCUT2D eigenvalue weighted by Crippen LogP contribution is -2.27. The van der Waals surface area contributed by atoms with Gasteiger partial charge in [-0.25, -0.2) is 0 Å². The third-order valence-electron chi connectivity index (χ3n) is 4.05. The number of hydrogen-bond acceptors (Lipinski definition) is 3. The average molecular weight is 276 g/mol. The second kappa shape index (κ2) is 7.65. The summed E-state index contributed by atoms with van der Waals surface area (Å²) in [5.41, 5.74) is 1.33. The zero-order valence-electron chi connectivity index (χ0n) is 13.1. The molecule has 0 spiro atoms. The van der Waals surface area contributed by atoms with E-state index in [9.17, 15) is 0 Å². The van der Waals surface area contributed by atoms with E-state index < -0.39 is 0 Å². The number of hydrogen-bond donors (Lipinski definition) is 1. The molecule has 0 aromatic heterocycles. The molecular weight excluding hydrogens is 248 g/mol. The first kappa shape index (κ1) is 15.3. The molecule has 0 aliphatic carbocycles. The summed E-state index contributed by atoms with van der Waals surface area (Å²) in [4.78, 5) is 2.41. The molecule has 1 aliphatic rings. The summed E-state index contributed by atoms with van der Waals surface area (Å²) < 4.78 is 5.62. The highest BCUT2D eigenvalue weighted by Gasteiger charge is 2.19. The molecule has 1 aliphatic heterocycles. The maximum absolute atomic E-state index is 5.62. The van der Waals surface area contributed by atoms with Crippen molar-refractivity contribution < 1.29 is 4.74 Å². The molecular formula is C17H28N2O. The molecule has 1 aromatic carbocycles. The molecule has 1 saturated heterocycles. The Morgan fingerprint density at radius 2 is 2.10 bits per heavy atom. The summed E-state index contributed by atoms with van der Waals surface area (Å²) in [6.45, 7) is 8.73. The van der Waals surface area contributed by atoms with Crippen LogP contribution in [0.3, 0.4) is 0 Å². The van der Waals surface area contributed by atoms with Crippen molar-refractivity contribution in [2.24, 2.45) is 5.92 Å². The molecule has 112 valence electrons. The highest BCUT2D eigenvalue weighted by Crippen LogP contribution is 2.19. The maximum Gasteiger partial charge on any atom is 0.119 e. The molecule has 0 bridgehead atoms. The van der Waals surface area contributed by atoms with Gasteiger partial charge >= 0.3 is 0 Å². The largest absolute Gasteiger partial charge is 0.494 e. The van der Waals surface area contributed by atoms with E-state index in [4.69, 9.17) is 4.74 Å². The van der Waals surface area contributed by atoms with E-state index in [1.54, 1.807) is 0 Å². The van der Waals surface area contributed by atoms with Crippen LogP contribution in [0.25, 0.3) is 0 Å². The fraction of sp³-hybridized carbons (Fsp3) is 0.647. The summed E-state index contributed by atoms with van der Waals surface area (Å²) >= 11 is 0. The van der Waals surface area contributed by atoms with Gasteiger partial charge in [0.1, 0.15) is 5.75 Å². The molecule has 2 rings (SSSR count). The van der Waals surface area contributed by atoms with Crippen molar-refractivity contribution in [2.75, 3.05) is 33.3 Å². The smallest absolute Gasteiger partial charge is 0.119 e. The van der Waals surface area contributed by atoms with Crippen molar-refractivity contribution >= 4 is 0 Å². The van der Waals surface area contributed by atoms with Crippen LogP contribution in [0.4, 0.5) is 0 Å². The van der Waals surface area contributed by atoms with Gasteiger partial charge in [-0.2, -0.15) is 0 Å². The number of nitrogens with zero attached hydrogens (tertiary/aromatic N) is 1. The predicted molar refractivity (Wildman–Crippen MR) is 84.2 cm³/mol. The van der Waals surface area contributed by atoms with Crippen LogP contribution in [-0.2, 0) is 0 Å². The van der Waals surface area contributed by atoms with E-state index in [1.807, 2.05) is 0 Å². The van der Waals surface area contributed by atoms with Gasteiger partial charge < -0.3 is 15.0 Å². The van der Waals surface area contributed by atoms with Gasteiger partial charge in [-0.15, -0.1) is 0 Å². The average Bonchev–Trinajstić information content (AvgIpc) is 2.89. The van der Waals surface area contributed by atoms with E-state index in [0.29, 0.717) is 6.04 Å². The number of rotatable bonds is 7. The summed E-state index contributed by atoms with van der Waals surface area (Å²) in [7, 11) is 2.21. The first-order valence-electron chi connectivity index (χ1n) is 7.83. The Labute approximate surface area is 123 Å². The first-order chi connectivity index (χ1) is 9.69. The second-order valence-electron chi connectivity index (χ2n) is 5.96. The van der Waals surface area contributed by atoms with Crippen LogP contribution < -0.4 is 10.1 Å². The Morgan fingerprint density at radius 3 is 2.70 bits per heavy atom. The molecule has 1 fully saturated rings. The van der Waals surface area contributed by atoms with E-state index in [-0.39, 0.29) is 0 Å². The lowest BCUT2D eigenvalue weighted by Gasteiger charge is -2.18. The topological polar surface area (TPSA) is 24.5 Å². The van der Waals surface area contributed by atoms with Gasteiger partial charge in [0.2, 0.25) is 0 Å². The van der Waals surface area contributed by atoms with Gasteiger partial charge in [0, 0.05) is 12.6 Å². The molecule has 2 unspecified atom stereocenters. The lowest BCUT2D eigenvalue weighted by molar-refractivity contribution is 0.317. The summed E-state index contributed by atoms with van der Waals surface area (Å²) in [6, 6.07) is 8.90. The van der Waals surface area contributed by atoms with Gasteiger partial charge in [0.25, 0.3) is 0 Å². The van der Waals surface area contributed by atoms with Gasteiger partial charge in [-0.1, -0.05) is 19.1 Å². The minimum atomic E-state index is 0.404. The Hall–Kier alpha value is -1.06. The van der Waals surface area contributed by atoms with Crippen LogP contribution in [0, 0.1) is 5.92 Å². The zero-order valence-corrected chi connectivity index (χ0v) is 13.1. The molecule has 2 atom stereocenters. The molecule has 3 heteroatoms. The van der Waals surface area contributed by atoms with E-state index in [2.05, 4.69) is 55.4 Å². The first-order valence-corrected chi connectivity index (χ1v) is 7.83. The standard InChI is InChI=1S/C17H28N2O/c1-4-11-20-17-7-5-16(6-8-17)14(2)18-12-15-9-10-19(3)13-15/h5-8,14-15,18H,4,9-13H2,1-3H3. The fourth-order valence-electron chi connectivity index (χ4n) is 2.73. The van der Waals surface area contributed by atoms with Crippen molar-refractivity contribution in [1.82, 2.24) is 10.2 Å². The fourth-order valence-corrected chi connectivity index (χ4v) is 2.73. The van der Waals surface area contributed by atoms with Crippen LogP contribution in [0.1, 0.15) is 38.3 Å². The van der Waals surface area contributed by atoms with Crippen LogP contribution in [-0.4, -0.2) is 38.2 Å². The van der Waals surface area contributed by atoms with Gasteiger partial charge in [-0.05, 0) is 63.5 Å². The SMILES string of the molecule is CCCOc1ccc(C(C)NCC2CCN(C)C2)cc1. The van der Waals surface area contributed by atoms with Crippen LogP contribution in [0.2, 0.25) is 0 Å². The Morgan fingerprint density at radius 1 is 1.35 bits per heavy atom. The molecule has 0 radical (unpaired) electrons. The summed E-state index contributed by atoms with van der Waals surface area (Å²) in [5.74, 6) is 1.77. The molecule has 3 nitrogen and oxygen atoms in total. The van der Waals surface area contributed by atoms with Crippen LogP contribution >= 0.6 is 0 Å². The van der Waals surface area contributed by atoms with Crippen molar-refractivity contribution in [3.05, 3.63) is 29.8 Å². The van der Waals surface area contributed by atoms with Gasteiger partial charge in [-0.3, -0.25) is 0 Å². The molecule has 1 heterocycles. The summed E-state index contributed by atoms with van der Waals surface area (Å²) in [5, 5.41) is 3.66. The second-order valence-corrected chi connectivity index (χ2v) is 5.96. The molecule has 20 heavy (non-hydrogen) atoms. The Balaban J connectivity index is 1.78. The number of benzene rings is 1.